The fourth-order valence-corrected chi connectivity index (χ4v) is 5.54. The van der Waals surface area contributed by atoms with E-state index in [0.29, 0.717) is 28.5 Å². The quantitative estimate of drug-likeness (QED) is 0.255. The topological polar surface area (TPSA) is 69.5 Å². The maximum Gasteiger partial charge on any atom is 0.232 e. The molecule has 4 aromatic rings. The molecule has 39 heavy (non-hydrogen) atoms. The van der Waals surface area contributed by atoms with Gasteiger partial charge in [0.15, 0.2) is 5.11 Å². The highest BCUT2D eigenvalue weighted by molar-refractivity contribution is 7.80. The van der Waals surface area contributed by atoms with Gasteiger partial charge in [-0.25, -0.2) is 0 Å². The van der Waals surface area contributed by atoms with Gasteiger partial charge in [0, 0.05) is 42.8 Å². The Morgan fingerprint density at radius 1 is 1.00 bits per heavy atom. The van der Waals surface area contributed by atoms with Crippen molar-refractivity contribution in [2.75, 3.05) is 28.2 Å². The van der Waals surface area contributed by atoms with Crippen LogP contribution in [0.15, 0.2) is 71.1 Å². The first kappa shape index (κ1) is 25.6. The number of fused-ring (bicyclic) bond motifs is 1. The molecular formula is C30H31ClN6OS. The summed E-state index contributed by atoms with van der Waals surface area (Å²) in [6.45, 7) is 6.40. The number of furan rings is 1. The zero-order valence-corrected chi connectivity index (χ0v) is 23.4. The Bertz CT molecular complexity index is 1450. The number of aromatic nitrogens is 2. The highest BCUT2D eigenvalue weighted by Gasteiger charge is 2.24. The van der Waals surface area contributed by atoms with Crippen molar-refractivity contribution in [3.05, 3.63) is 88.6 Å². The van der Waals surface area contributed by atoms with Crippen LogP contribution < -0.4 is 20.4 Å². The molecule has 0 amide bonds. The Hall–Kier alpha value is -3.62. The second kappa shape index (κ2) is 11.2. The minimum absolute atomic E-state index is 0.442. The van der Waals surface area contributed by atoms with Crippen molar-refractivity contribution in [1.29, 1.82) is 0 Å². The lowest BCUT2D eigenvalue weighted by molar-refractivity contribution is 0.444. The third-order valence-corrected chi connectivity index (χ3v) is 7.78. The van der Waals surface area contributed by atoms with E-state index in [1.807, 2.05) is 36.4 Å². The van der Waals surface area contributed by atoms with Crippen LogP contribution >= 0.6 is 23.8 Å². The van der Waals surface area contributed by atoms with E-state index in [1.165, 1.54) is 24.0 Å². The van der Waals surface area contributed by atoms with Crippen molar-refractivity contribution < 1.29 is 4.42 Å². The third kappa shape index (κ3) is 6.02. The molecular weight excluding hydrogens is 528 g/mol. The first-order chi connectivity index (χ1) is 19.0. The van der Waals surface area contributed by atoms with E-state index in [-0.39, 0.29) is 0 Å². The van der Waals surface area contributed by atoms with Gasteiger partial charge >= 0.3 is 0 Å². The number of anilines is 3. The first-order valence-corrected chi connectivity index (χ1v) is 14.1. The van der Waals surface area contributed by atoms with Crippen molar-refractivity contribution in [3.8, 4) is 11.3 Å². The van der Waals surface area contributed by atoms with Crippen LogP contribution in [0.2, 0.25) is 5.02 Å². The monoisotopic (exact) mass is 558 g/mol. The molecule has 2 aliphatic heterocycles. The molecule has 0 bridgehead atoms. The Labute approximate surface area is 239 Å². The number of benzene rings is 2. The van der Waals surface area contributed by atoms with E-state index >= 15 is 0 Å². The minimum atomic E-state index is 0.442. The van der Waals surface area contributed by atoms with Crippen LogP contribution in [0, 0.1) is 5.92 Å². The van der Waals surface area contributed by atoms with E-state index in [1.54, 1.807) is 0 Å². The molecule has 6 rings (SSSR count). The first-order valence-electron chi connectivity index (χ1n) is 13.4. The molecule has 0 radical (unpaired) electrons. The smallest absolute Gasteiger partial charge is 0.232 e. The minimum Gasteiger partial charge on any atom is -0.459 e. The van der Waals surface area contributed by atoms with Gasteiger partial charge in [0.05, 0.1) is 6.54 Å². The summed E-state index contributed by atoms with van der Waals surface area (Å²) in [6.07, 6.45) is 2.42. The summed E-state index contributed by atoms with van der Waals surface area (Å²) in [4.78, 5) is 14.4. The second-order valence-corrected chi connectivity index (χ2v) is 11.2. The summed E-state index contributed by atoms with van der Waals surface area (Å²) in [5.41, 5.74) is 3.65. The lowest BCUT2D eigenvalue weighted by Gasteiger charge is -2.32. The van der Waals surface area contributed by atoms with Crippen LogP contribution in [0.4, 0.5) is 17.6 Å². The lowest BCUT2D eigenvalue weighted by Crippen LogP contribution is -2.35. The van der Waals surface area contributed by atoms with Gasteiger partial charge in [-0.15, -0.1) is 0 Å². The summed E-state index contributed by atoms with van der Waals surface area (Å²) in [5.74, 6) is 4.53. The number of hydrogen-bond donors (Lipinski definition) is 2. The normalized spacial score (nSPS) is 16.7. The third-order valence-electron chi connectivity index (χ3n) is 7.28. The van der Waals surface area contributed by atoms with E-state index in [9.17, 15) is 0 Å². The van der Waals surface area contributed by atoms with Crippen molar-refractivity contribution in [1.82, 2.24) is 15.3 Å². The second-order valence-electron chi connectivity index (χ2n) is 10.3. The van der Waals surface area contributed by atoms with Crippen molar-refractivity contribution >= 4 is 46.5 Å². The lowest BCUT2D eigenvalue weighted by atomic mass is 10.0. The van der Waals surface area contributed by atoms with Crippen LogP contribution in [0.25, 0.3) is 11.3 Å². The Morgan fingerprint density at radius 3 is 2.44 bits per heavy atom. The largest absolute Gasteiger partial charge is 0.459 e. The van der Waals surface area contributed by atoms with Gasteiger partial charge in [-0.05, 0) is 78.5 Å². The van der Waals surface area contributed by atoms with Gasteiger partial charge in [-0.1, -0.05) is 42.8 Å². The summed E-state index contributed by atoms with van der Waals surface area (Å²) in [7, 11) is 0. The predicted octanol–water partition coefficient (Wildman–Crippen LogP) is 6.63. The molecule has 0 saturated carbocycles. The number of nitrogens with zero attached hydrogens (tertiary/aromatic N) is 4. The highest BCUT2D eigenvalue weighted by atomic mass is 35.5. The molecule has 2 aliphatic rings. The molecule has 2 aromatic carbocycles. The molecule has 2 N–H and O–H groups in total. The zero-order chi connectivity index (χ0) is 26.8. The number of hydrogen-bond acceptors (Lipinski definition) is 6. The van der Waals surface area contributed by atoms with Crippen LogP contribution in [0.1, 0.15) is 36.7 Å². The Kier molecular flexibility index (Phi) is 7.39. The van der Waals surface area contributed by atoms with Gasteiger partial charge in [-0.2, -0.15) is 9.97 Å². The molecule has 1 fully saturated rings. The van der Waals surface area contributed by atoms with Crippen molar-refractivity contribution in [2.24, 2.45) is 5.92 Å². The summed E-state index contributed by atoms with van der Waals surface area (Å²) in [6, 6.07) is 22.2. The zero-order valence-electron chi connectivity index (χ0n) is 21.9. The molecule has 2 aromatic heterocycles. The molecule has 0 aliphatic carbocycles. The SMILES string of the molecule is CC1CCCN(c2cc(N3Cc4ccccc4C3)nc(NC(=S)NCc3ccc(-c4ccc(Cl)cc4)o3)n2)C1. The van der Waals surface area contributed by atoms with Crippen LogP contribution in [0.3, 0.4) is 0 Å². The number of piperidine rings is 1. The molecule has 1 atom stereocenters. The fourth-order valence-electron chi connectivity index (χ4n) is 5.25. The average Bonchev–Trinajstić information content (AvgIpc) is 3.60. The van der Waals surface area contributed by atoms with Crippen molar-refractivity contribution in [3.63, 3.8) is 0 Å². The Balaban J connectivity index is 1.16. The van der Waals surface area contributed by atoms with Gasteiger partial charge in [-0.3, -0.25) is 0 Å². The van der Waals surface area contributed by atoms with Crippen molar-refractivity contribution in [2.45, 2.75) is 39.4 Å². The predicted molar refractivity (Wildman–Crippen MR) is 161 cm³/mol. The molecule has 4 heterocycles. The number of thiocarbonyl (C=S) groups is 1. The molecule has 1 unspecified atom stereocenters. The number of halogens is 1. The summed E-state index contributed by atoms with van der Waals surface area (Å²) in [5, 5.41) is 7.59. The van der Waals surface area contributed by atoms with E-state index in [4.69, 9.17) is 38.2 Å². The highest BCUT2D eigenvalue weighted by Crippen LogP contribution is 2.31. The maximum atomic E-state index is 6.01. The molecule has 200 valence electrons. The van der Waals surface area contributed by atoms with Gasteiger partial charge < -0.3 is 24.9 Å². The number of rotatable bonds is 6. The van der Waals surface area contributed by atoms with E-state index in [2.05, 4.69) is 57.7 Å². The van der Waals surface area contributed by atoms with Crippen LogP contribution in [-0.2, 0) is 19.6 Å². The van der Waals surface area contributed by atoms with E-state index < -0.39 is 0 Å². The number of nitrogens with one attached hydrogen (secondary N) is 2. The molecule has 7 nitrogen and oxygen atoms in total. The standard InChI is InChI=1S/C30H31ClN6OS/c1-20-5-4-14-36(17-20)27-15-28(37-18-22-6-2-3-7-23(22)19-37)34-29(33-27)35-30(39)32-16-25-12-13-26(38-25)21-8-10-24(31)11-9-21/h2-3,6-13,15,20H,4-5,14,16-19H2,1H3,(H2,32,33,34,35,39). The average molecular weight is 559 g/mol. The molecule has 9 heteroatoms. The summed E-state index contributed by atoms with van der Waals surface area (Å²) < 4.78 is 6.00. The van der Waals surface area contributed by atoms with E-state index in [0.717, 1.165) is 54.9 Å². The fraction of sp³-hybridized carbons (Fsp3) is 0.300. The van der Waals surface area contributed by atoms with Crippen LogP contribution in [0.5, 0.6) is 0 Å². The van der Waals surface area contributed by atoms with Crippen LogP contribution in [-0.4, -0.2) is 28.2 Å². The molecule has 1 saturated heterocycles. The van der Waals surface area contributed by atoms with Gasteiger partial charge in [0.25, 0.3) is 0 Å². The maximum absolute atomic E-state index is 6.01. The van der Waals surface area contributed by atoms with Gasteiger partial charge in [0.2, 0.25) is 5.95 Å². The van der Waals surface area contributed by atoms with Gasteiger partial charge in [0.1, 0.15) is 23.2 Å². The summed E-state index contributed by atoms with van der Waals surface area (Å²) >= 11 is 11.6. The molecule has 0 spiro atoms. The Morgan fingerprint density at radius 2 is 1.72 bits per heavy atom.